The van der Waals surface area contributed by atoms with E-state index < -0.39 is 11.9 Å². The van der Waals surface area contributed by atoms with Gasteiger partial charge in [0.15, 0.2) is 5.83 Å². The molecular weight excluding hydrogens is 205 g/mol. The monoisotopic (exact) mass is 224 g/mol. The van der Waals surface area contributed by atoms with Crippen molar-refractivity contribution in [2.45, 2.75) is 51.6 Å². The first-order chi connectivity index (χ1) is 7.04. The van der Waals surface area contributed by atoms with Gasteiger partial charge in [-0.05, 0) is 18.9 Å². The molecule has 0 amide bonds. The van der Waals surface area contributed by atoms with Crippen molar-refractivity contribution < 1.29 is 17.9 Å². The average molecular weight is 224 g/mol. The molecule has 0 rings (SSSR count). The molecule has 90 valence electrons. The Balaban J connectivity index is 3.67. The highest BCUT2D eigenvalue weighted by molar-refractivity contribution is 4.99. The number of allylic oxidation sites excluding steroid dienone is 1. The molecule has 0 aliphatic carbocycles. The maximum absolute atomic E-state index is 12.7. The van der Waals surface area contributed by atoms with Crippen LogP contribution in [0, 0.1) is 0 Å². The third-order valence-corrected chi connectivity index (χ3v) is 2.17. The van der Waals surface area contributed by atoms with Crippen LogP contribution in [-0.2, 0) is 4.74 Å². The van der Waals surface area contributed by atoms with E-state index in [0.717, 1.165) is 45.3 Å². The van der Waals surface area contributed by atoms with Crippen LogP contribution in [0.1, 0.15) is 45.4 Å². The lowest BCUT2D eigenvalue weighted by Crippen LogP contribution is -2.19. The summed E-state index contributed by atoms with van der Waals surface area (Å²) in [7, 11) is 0.786. The minimum absolute atomic E-state index is 0.342. The van der Waals surface area contributed by atoms with E-state index in [9.17, 15) is 13.2 Å². The summed E-state index contributed by atoms with van der Waals surface area (Å²) in [6.07, 6.45) is 2.54. The molecule has 0 bridgehead atoms. The van der Waals surface area contributed by atoms with Gasteiger partial charge in [-0.1, -0.05) is 32.6 Å². The third kappa shape index (κ3) is 6.55. The number of methoxy groups -OCH3 is 1. The summed E-state index contributed by atoms with van der Waals surface area (Å²) in [5.74, 6) is -1.49. The van der Waals surface area contributed by atoms with Gasteiger partial charge in [0.2, 0.25) is 0 Å². The van der Waals surface area contributed by atoms with Crippen molar-refractivity contribution in [2.75, 3.05) is 7.11 Å². The number of ether oxygens (including phenoxy) is 1. The molecule has 0 radical (unpaired) electrons. The fraction of sp³-hybridized carbons (Fsp3) is 0.818. The van der Waals surface area contributed by atoms with Crippen molar-refractivity contribution in [1.29, 1.82) is 0 Å². The van der Waals surface area contributed by atoms with Crippen molar-refractivity contribution in [1.82, 2.24) is 0 Å². The van der Waals surface area contributed by atoms with Gasteiger partial charge in [-0.2, -0.15) is 8.78 Å². The minimum atomic E-state index is -3.76. The van der Waals surface area contributed by atoms with Crippen LogP contribution >= 0.6 is 0 Å². The Morgan fingerprint density at radius 2 is 1.80 bits per heavy atom. The largest absolute Gasteiger partial charge is 0.408 e. The number of hydrogen-bond acceptors (Lipinski definition) is 1. The second-order valence-corrected chi connectivity index (χ2v) is 3.48. The van der Waals surface area contributed by atoms with Crippen LogP contribution in [0.25, 0.3) is 0 Å². The Labute approximate surface area is 89.3 Å². The van der Waals surface area contributed by atoms with Gasteiger partial charge in [0.1, 0.15) is 0 Å². The molecule has 0 aromatic carbocycles. The molecule has 1 nitrogen and oxygen atoms in total. The van der Waals surface area contributed by atoms with Crippen LogP contribution in [0.5, 0.6) is 0 Å². The smallest absolute Gasteiger partial charge is 0.318 e. The first kappa shape index (κ1) is 14.5. The van der Waals surface area contributed by atoms with Gasteiger partial charge in [0.05, 0.1) is 0 Å². The topological polar surface area (TPSA) is 9.23 Å². The first-order valence-electron chi connectivity index (χ1n) is 5.33. The molecule has 0 aromatic heterocycles. The Morgan fingerprint density at radius 3 is 2.33 bits per heavy atom. The van der Waals surface area contributed by atoms with Crippen molar-refractivity contribution in [3.8, 4) is 0 Å². The molecule has 0 heterocycles. The quantitative estimate of drug-likeness (QED) is 0.554. The summed E-state index contributed by atoms with van der Waals surface area (Å²) in [5.41, 5.74) is 0. The average Bonchev–Trinajstić information content (AvgIpc) is 2.22. The number of halogens is 3. The highest BCUT2D eigenvalue weighted by Crippen LogP contribution is 2.26. The van der Waals surface area contributed by atoms with E-state index in [1.54, 1.807) is 0 Å². The van der Waals surface area contributed by atoms with Gasteiger partial charge in [-0.3, -0.25) is 0 Å². The first-order valence-corrected chi connectivity index (χ1v) is 5.33. The summed E-state index contributed by atoms with van der Waals surface area (Å²) in [5, 5.41) is 0. The van der Waals surface area contributed by atoms with Crippen LogP contribution in [0.3, 0.4) is 0 Å². The predicted molar refractivity (Wildman–Crippen MR) is 54.5 cm³/mol. The van der Waals surface area contributed by atoms with Gasteiger partial charge >= 0.3 is 6.11 Å². The molecule has 0 atom stereocenters. The minimum Gasteiger partial charge on any atom is -0.318 e. The van der Waals surface area contributed by atoms with Crippen molar-refractivity contribution in [2.24, 2.45) is 0 Å². The molecule has 4 heteroatoms. The van der Waals surface area contributed by atoms with E-state index in [4.69, 9.17) is 0 Å². The highest BCUT2D eigenvalue weighted by Gasteiger charge is 2.34. The summed E-state index contributed by atoms with van der Waals surface area (Å²) < 4.78 is 41.5. The lowest BCUT2D eigenvalue weighted by Gasteiger charge is -2.10. The van der Waals surface area contributed by atoms with Crippen molar-refractivity contribution >= 4 is 0 Å². The molecule has 0 saturated carbocycles. The number of rotatable bonds is 8. The maximum atomic E-state index is 12.7. The number of hydrogen-bond donors (Lipinski definition) is 0. The van der Waals surface area contributed by atoms with Gasteiger partial charge < -0.3 is 4.74 Å². The van der Waals surface area contributed by atoms with Gasteiger partial charge in [-0.25, -0.2) is 4.39 Å². The molecule has 0 N–H and O–H groups in total. The van der Waals surface area contributed by atoms with E-state index in [1.165, 1.54) is 0 Å². The van der Waals surface area contributed by atoms with Gasteiger partial charge in [-0.15, -0.1) is 0 Å². The van der Waals surface area contributed by atoms with Crippen LogP contribution in [0.15, 0.2) is 11.9 Å². The van der Waals surface area contributed by atoms with Crippen molar-refractivity contribution in [3.63, 3.8) is 0 Å². The summed E-state index contributed by atoms with van der Waals surface area (Å²) in [4.78, 5) is 0. The van der Waals surface area contributed by atoms with Crippen molar-refractivity contribution in [3.05, 3.63) is 11.9 Å². The predicted octanol–water partition coefficient (Wildman–Crippen LogP) is 4.44. The SMILES string of the molecule is CCCCCCC/C=C(\F)C(F)(F)OC. The van der Waals surface area contributed by atoms with Crippen LogP contribution in [0.2, 0.25) is 0 Å². The fourth-order valence-corrected chi connectivity index (χ4v) is 1.19. The Morgan fingerprint density at radius 1 is 1.20 bits per heavy atom. The highest BCUT2D eigenvalue weighted by atomic mass is 19.3. The van der Waals surface area contributed by atoms with Gasteiger partial charge in [0.25, 0.3) is 0 Å². The molecule has 0 aromatic rings. The Kier molecular flexibility index (Phi) is 7.48. The molecule has 15 heavy (non-hydrogen) atoms. The zero-order chi connectivity index (χ0) is 11.7. The third-order valence-electron chi connectivity index (χ3n) is 2.17. The fourth-order valence-electron chi connectivity index (χ4n) is 1.19. The number of alkyl halides is 2. The lowest BCUT2D eigenvalue weighted by atomic mass is 10.1. The Hall–Kier alpha value is -0.510. The van der Waals surface area contributed by atoms with Crippen LogP contribution in [0.4, 0.5) is 13.2 Å². The van der Waals surface area contributed by atoms with Crippen LogP contribution in [-0.4, -0.2) is 13.2 Å². The molecule has 0 spiro atoms. The normalized spacial score (nSPS) is 13.3. The summed E-state index contributed by atoms with van der Waals surface area (Å²) in [6.45, 7) is 2.10. The zero-order valence-electron chi connectivity index (χ0n) is 9.36. The van der Waals surface area contributed by atoms with E-state index >= 15 is 0 Å². The van der Waals surface area contributed by atoms with E-state index in [1.807, 2.05) is 0 Å². The Bertz CT molecular complexity index is 190. The molecule has 0 saturated heterocycles. The molecule has 0 aliphatic heterocycles. The van der Waals surface area contributed by atoms with E-state index in [0.29, 0.717) is 6.42 Å². The molecular formula is C11H19F3O. The van der Waals surface area contributed by atoms with E-state index in [2.05, 4.69) is 11.7 Å². The summed E-state index contributed by atoms with van der Waals surface area (Å²) >= 11 is 0. The molecule has 0 fully saturated rings. The second kappa shape index (κ2) is 7.74. The maximum Gasteiger partial charge on any atom is 0.408 e. The van der Waals surface area contributed by atoms with Crippen LogP contribution < -0.4 is 0 Å². The molecule has 0 unspecified atom stereocenters. The lowest BCUT2D eigenvalue weighted by molar-refractivity contribution is -0.202. The summed E-state index contributed by atoms with van der Waals surface area (Å²) in [6, 6.07) is 0. The standard InChI is InChI=1S/C11H19F3O/c1-3-4-5-6-7-8-9-10(12)11(13,14)15-2/h9H,3-8H2,1-2H3/b10-9-. The second-order valence-electron chi connectivity index (χ2n) is 3.48. The van der Waals surface area contributed by atoms with E-state index in [-0.39, 0.29) is 0 Å². The zero-order valence-corrected chi connectivity index (χ0v) is 9.36. The van der Waals surface area contributed by atoms with Gasteiger partial charge in [0, 0.05) is 7.11 Å². The molecule has 0 aliphatic rings. The number of unbranched alkanes of at least 4 members (excludes halogenated alkanes) is 5.